The Morgan fingerprint density at radius 3 is 2.39 bits per heavy atom. The maximum Gasteiger partial charge on any atom is 0.446 e. The molecule has 0 aliphatic carbocycles. The number of halogens is 4. The first-order valence-electron chi connectivity index (χ1n) is 10.4. The SMILES string of the molecule is CNC(=O)C(c1ccncc1-c1ccc(Cl)cc1)n1cc(O)n(-c2ccc(SC(F)(F)F)cc2)c1=O. The Morgan fingerprint density at radius 2 is 1.78 bits per heavy atom. The van der Waals surface area contributed by atoms with Gasteiger partial charge in [-0.15, -0.1) is 0 Å². The molecule has 2 aromatic heterocycles. The van der Waals surface area contributed by atoms with Gasteiger partial charge < -0.3 is 10.4 Å². The summed E-state index contributed by atoms with van der Waals surface area (Å²) in [4.78, 5) is 30.5. The van der Waals surface area contributed by atoms with Crippen molar-refractivity contribution in [3.63, 3.8) is 0 Å². The van der Waals surface area contributed by atoms with Crippen molar-refractivity contribution in [3.8, 4) is 22.7 Å². The quantitative estimate of drug-likeness (QED) is 0.340. The van der Waals surface area contributed by atoms with Crippen LogP contribution < -0.4 is 11.0 Å². The van der Waals surface area contributed by atoms with Crippen LogP contribution in [0.4, 0.5) is 13.2 Å². The van der Waals surface area contributed by atoms with Crippen LogP contribution in [0.5, 0.6) is 5.88 Å². The lowest BCUT2D eigenvalue weighted by Gasteiger charge is -2.20. The summed E-state index contributed by atoms with van der Waals surface area (Å²) in [7, 11) is 1.41. The fourth-order valence-corrected chi connectivity index (χ4v) is 4.41. The molecular weight excluding hydrogens is 517 g/mol. The van der Waals surface area contributed by atoms with Gasteiger partial charge in [0.15, 0.2) is 0 Å². The Balaban J connectivity index is 1.82. The lowest BCUT2D eigenvalue weighted by Crippen LogP contribution is -2.36. The maximum absolute atomic E-state index is 13.4. The first-order chi connectivity index (χ1) is 17.1. The van der Waals surface area contributed by atoms with Gasteiger partial charge in [-0.2, -0.15) is 13.2 Å². The van der Waals surface area contributed by atoms with E-state index in [1.807, 2.05) is 0 Å². The lowest BCUT2D eigenvalue weighted by molar-refractivity contribution is -0.122. The number of likely N-dealkylation sites (N-methyl/N-ethyl adjacent to an activating group) is 1. The summed E-state index contributed by atoms with van der Waals surface area (Å²) in [6, 6.07) is 12.2. The molecule has 0 radical (unpaired) electrons. The zero-order valence-corrected chi connectivity index (χ0v) is 20.1. The number of hydrogen-bond donors (Lipinski definition) is 2. The number of hydrogen-bond acceptors (Lipinski definition) is 5. The molecule has 0 aliphatic rings. The van der Waals surface area contributed by atoms with Crippen LogP contribution in [0.25, 0.3) is 16.8 Å². The average molecular weight is 535 g/mol. The van der Waals surface area contributed by atoms with Crippen molar-refractivity contribution >= 4 is 29.3 Å². The number of pyridine rings is 1. The maximum atomic E-state index is 13.4. The molecule has 12 heteroatoms. The monoisotopic (exact) mass is 534 g/mol. The van der Waals surface area contributed by atoms with Gasteiger partial charge in [0.2, 0.25) is 11.8 Å². The zero-order chi connectivity index (χ0) is 26.0. The number of nitrogens with one attached hydrogen (secondary N) is 1. The minimum Gasteiger partial charge on any atom is -0.493 e. The second-order valence-corrected chi connectivity index (χ2v) is 9.12. The first-order valence-corrected chi connectivity index (χ1v) is 11.6. The molecule has 2 aromatic carbocycles. The van der Waals surface area contributed by atoms with Crippen molar-refractivity contribution in [2.45, 2.75) is 16.4 Å². The predicted molar refractivity (Wildman–Crippen MR) is 130 cm³/mol. The number of carbonyl (C=O) groups excluding carboxylic acids is 1. The molecule has 1 unspecified atom stereocenters. The van der Waals surface area contributed by atoms with Crippen LogP contribution in [0.3, 0.4) is 0 Å². The van der Waals surface area contributed by atoms with Gasteiger partial charge in [0.1, 0.15) is 6.04 Å². The predicted octanol–water partition coefficient (Wildman–Crippen LogP) is 5.01. The second-order valence-electron chi connectivity index (χ2n) is 7.54. The highest BCUT2D eigenvalue weighted by atomic mass is 35.5. The number of imidazole rings is 1. The van der Waals surface area contributed by atoms with Crippen LogP contribution in [0.1, 0.15) is 11.6 Å². The second kappa shape index (κ2) is 10.1. The van der Waals surface area contributed by atoms with Crippen molar-refractivity contribution in [1.29, 1.82) is 0 Å². The molecule has 2 N–H and O–H groups in total. The third-order valence-corrected chi connectivity index (χ3v) is 6.29. The number of aromatic hydroxyl groups is 1. The van der Waals surface area contributed by atoms with Gasteiger partial charge in [-0.25, -0.2) is 9.36 Å². The molecule has 2 heterocycles. The van der Waals surface area contributed by atoms with Crippen molar-refractivity contribution in [2.24, 2.45) is 0 Å². The van der Waals surface area contributed by atoms with Crippen LogP contribution in [0.2, 0.25) is 5.02 Å². The van der Waals surface area contributed by atoms with Crippen LogP contribution in [-0.2, 0) is 4.79 Å². The fraction of sp³-hybridized carbons (Fsp3) is 0.125. The molecule has 0 fully saturated rings. The van der Waals surface area contributed by atoms with Gasteiger partial charge >= 0.3 is 11.2 Å². The summed E-state index contributed by atoms with van der Waals surface area (Å²) in [6.45, 7) is 0. The molecule has 1 atom stereocenters. The van der Waals surface area contributed by atoms with Gasteiger partial charge in [0, 0.05) is 34.9 Å². The molecule has 0 saturated heterocycles. The van der Waals surface area contributed by atoms with E-state index in [9.17, 15) is 27.9 Å². The van der Waals surface area contributed by atoms with Gasteiger partial charge in [-0.1, -0.05) is 23.7 Å². The largest absolute Gasteiger partial charge is 0.493 e. The molecule has 0 saturated carbocycles. The number of amides is 1. The van der Waals surface area contributed by atoms with E-state index in [-0.39, 0.29) is 22.3 Å². The summed E-state index contributed by atoms with van der Waals surface area (Å²) >= 11 is 5.70. The Hall–Kier alpha value is -3.70. The minimum atomic E-state index is -4.46. The molecule has 0 aliphatic heterocycles. The zero-order valence-electron chi connectivity index (χ0n) is 18.5. The topological polar surface area (TPSA) is 89.2 Å². The van der Waals surface area contributed by atoms with Gasteiger partial charge in [-0.05, 0) is 65.4 Å². The van der Waals surface area contributed by atoms with E-state index in [4.69, 9.17) is 11.6 Å². The molecule has 4 aromatic rings. The third kappa shape index (κ3) is 5.26. The van der Waals surface area contributed by atoms with E-state index in [1.165, 1.54) is 37.5 Å². The number of carbonyl (C=O) groups is 1. The smallest absolute Gasteiger partial charge is 0.446 e. The van der Waals surface area contributed by atoms with Gasteiger partial charge in [-0.3, -0.25) is 14.3 Å². The van der Waals surface area contributed by atoms with Crippen LogP contribution in [-0.4, -0.2) is 37.7 Å². The first kappa shape index (κ1) is 25.4. The lowest BCUT2D eigenvalue weighted by atomic mass is 9.96. The number of aromatic nitrogens is 3. The Bertz CT molecular complexity index is 1450. The Morgan fingerprint density at radius 1 is 1.11 bits per heavy atom. The van der Waals surface area contributed by atoms with Crippen molar-refractivity contribution in [3.05, 3.63) is 94.3 Å². The molecule has 7 nitrogen and oxygen atoms in total. The normalized spacial score (nSPS) is 12.4. The summed E-state index contributed by atoms with van der Waals surface area (Å²) < 4.78 is 39.9. The molecule has 186 valence electrons. The molecule has 4 rings (SSSR count). The van der Waals surface area contributed by atoms with Crippen LogP contribution in [0.15, 0.2) is 82.9 Å². The standard InChI is InChI=1S/C24H18ClF3N4O3S/c1-29-22(34)21(18-10-11-30-12-19(18)14-2-4-15(25)5-3-14)31-13-20(33)32(23(31)35)16-6-8-17(9-7-16)36-24(26,27)28/h2-13,21,33H,1H3,(H,29,34). The highest BCUT2D eigenvalue weighted by Gasteiger charge is 2.30. The number of nitrogens with zero attached hydrogens (tertiary/aromatic N) is 3. The van der Waals surface area contributed by atoms with E-state index >= 15 is 0 Å². The summed E-state index contributed by atoms with van der Waals surface area (Å²) in [6.07, 6.45) is 4.13. The molecule has 0 spiro atoms. The summed E-state index contributed by atoms with van der Waals surface area (Å²) in [5.74, 6) is -1.03. The van der Waals surface area contributed by atoms with Crippen LogP contribution in [0, 0.1) is 0 Å². The van der Waals surface area contributed by atoms with Gasteiger partial charge in [0.05, 0.1) is 11.9 Å². The van der Waals surface area contributed by atoms with Crippen molar-refractivity contribution < 1.29 is 23.1 Å². The number of benzene rings is 2. The van der Waals surface area contributed by atoms with E-state index in [1.54, 1.807) is 36.5 Å². The Kier molecular flexibility index (Phi) is 7.14. The highest BCUT2D eigenvalue weighted by molar-refractivity contribution is 8.00. The number of thioether (sulfide) groups is 1. The van der Waals surface area contributed by atoms with E-state index < -0.39 is 29.0 Å². The third-order valence-electron chi connectivity index (χ3n) is 5.30. The Labute approximate surface area is 212 Å². The molecule has 36 heavy (non-hydrogen) atoms. The van der Waals surface area contributed by atoms with E-state index in [0.29, 0.717) is 21.7 Å². The molecular formula is C24H18ClF3N4O3S. The number of alkyl halides is 3. The molecule has 1 amide bonds. The van der Waals surface area contributed by atoms with Crippen LogP contribution >= 0.6 is 23.4 Å². The summed E-state index contributed by atoms with van der Waals surface area (Å²) in [5, 5.41) is 13.6. The molecule has 0 bridgehead atoms. The number of rotatable bonds is 6. The summed E-state index contributed by atoms with van der Waals surface area (Å²) in [5.41, 5.74) is -3.40. The van der Waals surface area contributed by atoms with Crippen molar-refractivity contribution in [2.75, 3.05) is 7.05 Å². The highest BCUT2D eigenvalue weighted by Crippen LogP contribution is 2.37. The fourth-order valence-electron chi connectivity index (χ4n) is 3.74. The van der Waals surface area contributed by atoms with E-state index in [2.05, 4.69) is 10.3 Å². The van der Waals surface area contributed by atoms with Crippen molar-refractivity contribution in [1.82, 2.24) is 19.4 Å². The van der Waals surface area contributed by atoms with Gasteiger partial charge in [0.25, 0.3) is 0 Å². The van der Waals surface area contributed by atoms with E-state index in [0.717, 1.165) is 15.3 Å². The minimum absolute atomic E-state index is 0.0779. The average Bonchev–Trinajstić information content (AvgIpc) is 3.13.